The number of hydrogen-bond acceptors (Lipinski definition) is 5. The number of benzene rings is 1. The third-order valence-electron chi connectivity index (χ3n) is 5.99. The van der Waals surface area contributed by atoms with Crippen molar-refractivity contribution in [3.63, 3.8) is 0 Å². The number of methoxy groups -OCH3 is 2. The lowest BCUT2D eigenvalue weighted by Crippen LogP contribution is -2.55. The number of piperazine rings is 1. The summed E-state index contributed by atoms with van der Waals surface area (Å²) >= 11 is 0. The van der Waals surface area contributed by atoms with Gasteiger partial charge in [0.2, 0.25) is 0 Å². The molecule has 1 fully saturated rings. The fraction of sp³-hybridized carbons (Fsp3) is 0.560. The summed E-state index contributed by atoms with van der Waals surface area (Å²) in [6.45, 7) is 15.4. The van der Waals surface area contributed by atoms with E-state index in [0.29, 0.717) is 23.6 Å². The minimum atomic E-state index is 0.114. The summed E-state index contributed by atoms with van der Waals surface area (Å²) in [7, 11) is 3.28. The second-order valence-corrected chi connectivity index (χ2v) is 9.41. The van der Waals surface area contributed by atoms with E-state index < -0.39 is 0 Å². The van der Waals surface area contributed by atoms with Gasteiger partial charge in [0, 0.05) is 37.8 Å². The van der Waals surface area contributed by atoms with Crippen molar-refractivity contribution in [2.45, 2.75) is 58.7 Å². The Hall–Kier alpha value is -2.11. The SMILES string of the molecule is COc1ccc(CN2CCN(C(C)(C)C)C(c3ccccc3C(C)C)C2)nc1OC. The van der Waals surface area contributed by atoms with Gasteiger partial charge in [0.1, 0.15) is 0 Å². The van der Waals surface area contributed by atoms with Crippen LogP contribution in [-0.2, 0) is 6.54 Å². The van der Waals surface area contributed by atoms with Crippen molar-refractivity contribution in [2.24, 2.45) is 0 Å². The van der Waals surface area contributed by atoms with Gasteiger partial charge in [0.15, 0.2) is 5.75 Å². The van der Waals surface area contributed by atoms with Crippen molar-refractivity contribution in [3.05, 3.63) is 53.2 Å². The average Bonchev–Trinajstić information content (AvgIpc) is 2.72. The predicted molar refractivity (Wildman–Crippen MR) is 122 cm³/mol. The number of rotatable bonds is 6. The maximum absolute atomic E-state index is 5.40. The van der Waals surface area contributed by atoms with Crippen molar-refractivity contribution >= 4 is 0 Å². The summed E-state index contributed by atoms with van der Waals surface area (Å²) in [6, 6.07) is 13.3. The van der Waals surface area contributed by atoms with Gasteiger partial charge in [0.05, 0.1) is 19.9 Å². The predicted octanol–water partition coefficient (Wildman–Crippen LogP) is 4.88. The zero-order valence-corrected chi connectivity index (χ0v) is 19.6. The molecule has 1 saturated heterocycles. The van der Waals surface area contributed by atoms with Crippen LogP contribution in [0.25, 0.3) is 0 Å². The maximum Gasteiger partial charge on any atom is 0.257 e. The van der Waals surface area contributed by atoms with Gasteiger partial charge in [-0.3, -0.25) is 9.80 Å². The molecule has 2 heterocycles. The number of nitrogens with zero attached hydrogens (tertiary/aromatic N) is 3. The Morgan fingerprint density at radius 3 is 2.40 bits per heavy atom. The van der Waals surface area contributed by atoms with Gasteiger partial charge in [-0.05, 0) is 49.9 Å². The van der Waals surface area contributed by atoms with E-state index in [-0.39, 0.29) is 5.54 Å². The van der Waals surface area contributed by atoms with Crippen LogP contribution in [0.3, 0.4) is 0 Å². The van der Waals surface area contributed by atoms with E-state index in [1.807, 2.05) is 12.1 Å². The Bertz CT molecular complexity index is 845. The van der Waals surface area contributed by atoms with E-state index in [1.54, 1.807) is 14.2 Å². The number of aromatic nitrogens is 1. The summed E-state index contributed by atoms with van der Waals surface area (Å²) in [5, 5.41) is 0. The minimum absolute atomic E-state index is 0.114. The zero-order chi connectivity index (χ0) is 21.9. The molecule has 0 bridgehead atoms. The van der Waals surface area contributed by atoms with E-state index in [0.717, 1.165) is 31.9 Å². The molecule has 5 heteroatoms. The van der Waals surface area contributed by atoms with Crippen LogP contribution in [0.4, 0.5) is 0 Å². The molecule has 164 valence electrons. The first-order valence-electron chi connectivity index (χ1n) is 10.9. The maximum atomic E-state index is 5.40. The minimum Gasteiger partial charge on any atom is -0.491 e. The van der Waals surface area contributed by atoms with E-state index in [1.165, 1.54) is 11.1 Å². The molecule has 1 aromatic heterocycles. The lowest BCUT2D eigenvalue weighted by atomic mass is 9.88. The molecular formula is C25H37N3O2. The van der Waals surface area contributed by atoms with E-state index >= 15 is 0 Å². The molecule has 30 heavy (non-hydrogen) atoms. The third kappa shape index (κ3) is 4.96. The molecule has 0 N–H and O–H groups in total. The molecular weight excluding hydrogens is 374 g/mol. The molecule has 3 rings (SSSR count). The smallest absolute Gasteiger partial charge is 0.257 e. The van der Waals surface area contributed by atoms with Crippen molar-refractivity contribution in [3.8, 4) is 11.6 Å². The Balaban J connectivity index is 1.87. The molecule has 5 nitrogen and oxygen atoms in total. The topological polar surface area (TPSA) is 37.8 Å². The Labute approximate surface area is 182 Å². The lowest BCUT2D eigenvalue weighted by Gasteiger charge is -2.48. The van der Waals surface area contributed by atoms with Crippen molar-refractivity contribution < 1.29 is 9.47 Å². The highest BCUT2D eigenvalue weighted by Gasteiger charge is 2.36. The van der Waals surface area contributed by atoms with Crippen molar-refractivity contribution in [1.82, 2.24) is 14.8 Å². The highest BCUT2D eigenvalue weighted by molar-refractivity contribution is 5.35. The highest BCUT2D eigenvalue weighted by Crippen LogP contribution is 2.36. The normalized spacial score (nSPS) is 18.6. The molecule has 1 atom stereocenters. The van der Waals surface area contributed by atoms with Crippen LogP contribution in [0.5, 0.6) is 11.6 Å². The summed E-state index contributed by atoms with van der Waals surface area (Å²) in [4.78, 5) is 9.84. The van der Waals surface area contributed by atoms with Gasteiger partial charge < -0.3 is 9.47 Å². The molecule has 1 unspecified atom stereocenters. The van der Waals surface area contributed by atoms with Gasteiger partial charge in [-0.1, -0.05) is 38.1 Å². The zero-order valence-electron chi connectivity index (χ0n) is 19.6. The largest absolute Gasteiger partial charge is 0.491 e. The van der Waals surface area contributed by atoms with Gasteiger partial charge in [-0.2, -0.15) is 0 Å². The van der Waals surface area contributed by atoms with Crippen LogP contribution >= 0.6 is 0 Å². The monoisotopic (exact) mass is 411 g/mol. The number of hydrogen-bond donors (Lipinski definition) is 0. The standard InChI is InChI=1S/C25H37N3O2/c1-18(2)20-10-8-9-11-21(20)22-17-27(14-15-28(22)25(3,4)5)16-19-12-13-23(29-6)24(26-19)30-7/h8-13,18,22H,14-17H2,1-7H3. The summed E-state index contributed by atoms with van der Waals surface area (Å²) in [5.74, 6) is 1.72. The van der Waals surface area contributed by atoms with Gasteiger partial charge in [0.25, 0.3) is 5.88 Å². The van der Waals surface area contributed by atoms with Crippen molar-refractivity contribution in [2.75, 3.05) is 33.9 Å². The fourth-order valence-electron chi connectivity index (χ4n) is 4.48. The molecule has 0 amide bonds. The van der Waals surface area contributed by atoms with Crippen LogP contribution < -0.4 is 9.47 Å². The van der Waals surface area contributed by atoms with Crippen LogP contribution in [0.2, 0.25) is 0 Å². The Morgan fingerprint density at radius 1 is 1.03 bits per heavy atom. The molecule has 0 aliphatic carbocycles. The van der Waals surface area contributed by atoms with Gasteiger partial charge in [-0.25, -0.2) is 4.98 Å². The Morgan fingerprint density at radius 2 is 1.77 bits per heavy atom. The Kier molecular flexibility index (Phi) is 7.04. The van der Waals surface area contributed by atoms with Gasteiger partial charge >= 0.3 is 0 Å². The summed E-state index contributed by atoms with van der Waals surface area (Å²) in [6.07, 6.45) is 0. The third-order valence-corrected chi connectivity index (χ3v) is 5.99. The molecule has 2 aromatic rings. The first kappa shape index (κ1) is 22.6. The molecule has 1 aliphatic rings. The summed E-state index contributed by atoms with van der Waals surface area (Å²) < 4.78 is 10.7. The molecule has 0 spiro atoms. The van der Waals surface area contributed by atoms with Crippen LogP contribution in [0.15, 0.2) is 36.4 Å². The van der Waals surface area contributed by atoms with Crippen LogP contribution in [0, 0.1) is 0 Å². The van der Waals surface area contributed by atoms with E-state index in [4.69, 9.17) is 9.47 Å². The first-order valence-corrected chi connectivity index (χ1v) is 10.9. The van der Waals surface area contributed by atoms with E-state index in [9.17, 15) is 0 Å². The molecule has 0 radical (unpaired) electrons. The molecule has 1 aromatic carbocycles. The number of ether oxygens (including phenoxy) is 2. The molecule has 1 aliphatic heterocycles. The average molecular weight is 412 g/mol. The lowest BCUT2D eigenvalue weighted by molar-refractivity contribution is 0.00511. The van der Waals surface area contributed by atoms with Crippen LogP contribution in [-0.4, -0.2) is 54.2 Å². The quantitative estimate of drug-likeness (QED) is 0.677. The molecule has 0 saturated carbocycles. The summed E-state index contributed by atoms with van der Waals surface area (Å²) in [5.41, 5.74) is 4.02. The second-order valence-electron chi connectivity index (χ2n) is 9.41. The van der Waals surface area contributed by atoms with Crippen LogP contribution in [0.1, 0.15) is 63.4 Å². The highest BCUT2D eigenvalue weighted by atomic mass is 16.5. The van der Waals surface area contributed by atoms with Gasteiger partial charge in [-0.15, -0.1) is 0 Å². The fourth-order valence-corrected chi connectivity index (χ4v) is 4.48. The number of pyridine rings is 1. The second kappa shape index (κ2) is 9.36. The first-order chi connectivity index (χ1) is 14.2. The van der Waals surface area contributed by atoms with Crippen molar-refractivity contribution in [1.29, 1.82) is 0 Å². The van der Waals surface area contributed by atoms with E-state index in [2.05, 4.69) is 73.7 Å².